The molecule has 6 nitrogen and oxygen atoms in total. The molecule has 2 saturated heterocycles. The number of benzene rings is 1. The van der Waals surface area contributed by atoms with Crippen molar-refractivity contribution in [2.45, 2.75) is 31.6 Å². The van der Waals surface area contributed by atoms with Crippen molar-refractivity contribution in [3.05, 3.63) is 58.9 Å². The van der Waals surface area contributed by atoms with E-state index in [2.05, 4.69) is 22.2 Å². The zero-order valence-corrected chi connectivity index (χ0v) is 17.4. The molecular weight excluding hydrogens is 400 g/mol. The molecule has 0 atom stereocenters. The van der Waals surface area contributed by atoms with Crippen LogP contribution in [0.4, 0.5) is 5.69 Å². The molecule has 0 unspecified atom stereocenters. The van der Waals surface area contributed by atoms with Crippen LogP contribution in [0.3, 0.4) is 0 Å². The number of piperidine rings is 1. The van der Waals surface area contributed by atoms with Crippen LogP contribution in [0.2, 0.25) is 5.02 Å². The number of H-pyrrole nitrogens is 1. The summed E-state index contributed by atoms with van der Waals surface area (Å²) < 4.78 is 0. The molecule has 3 aromatic rings. The van der Waals surface area contributed by atoms with E-state index in [1.165, 1.54) is 5.56 Å². The molecule has 5 rings (SSSR count). The Hall–Kier alpha value is -2.86. The molecule has 1 N–H and O–H groups in total. The predicted octanol–water partition coefficient (Wildman–Crippen LogP) is 4.36. The van der Waals surface area contributed by atoms with E-state index in [1.807, 2.05) is 11.0 Å². The summed E-state index contributed by atoms with van der Waals surface area (Å²) in [6.45, 7) is 2.01. The molecule has 30 heavy (non-hydrogen) atoms. The monoisotopic (exact) mass is 422 g/mol. The number of fused-ring (bicyclic) bond motifs is 1. The largest absolute Gasteiger partial charge is 0.346 e. The van der Waals surface area contributed by atoms with Crippen LogP contribution in [0.25, 0.3) is 11.0 Å². The minimum atomic E-state index is -0.0274. The molecule has 0 radical (unpaired) electrons. The molecule has 154 valence electrons. The molecule has 2 aliphatic heterocycles. The fourth-order valence-electron chi connectivity index (χ4n) is 4.69. The Morgan fingerprint density at radius 3 is 2.77 bits per heavy atom. The summed E-state index contributed by atoms with van der Waals surface area (Å²) in [5, 5.41) is 1.70. The van der Waals surface area contributed by atoms with Gasteiger partial charge in [0, 0.05) is 48.9 Å². The minimum Gasteiger partial charge on any atom is -0.346 e. The summed E-state index contributed by atoms with van der Waals surface area (Å²) in [5.41, 5.74) is 3.39. The van der Waals surface area contributed by atoms with E-state index in [9.17, 15) is 9.59 Å². The number of nitrogens with zero attached hydrogens (tertiary/aromatic N) is 3. The molecule has 2 aliphatic rings. The van der Waals surface area contributed by atoms with E-state index < -0.39 is 0 Å². The van der Waals surface area contributed by atoms with Crippen LogP contribution < -0.4 is 4.90 Å². The summed E-state index contributed by atoms with van der Waals surface area (Å²) in [5.74, 6) is 0.426. The van der Waals surface area contributed by atoms with E-state index in [4.69, 9.17) is 11.6 Å². The number of likely N-dealkylation sites (tertiary alicyclic amines) is 1. The third-order valence-electron chi connectivity index (χ3n) is 6.26. The van der Waals surface area contributed by atoms with Crippen LogP contribution in [-0.2, 0) is 4.79 Å². The number of hydrogen-bond donors (Lipinski definition) is 1. The first kappa shape index (κ1) is 19.1. The number of carbonyl (C=O) groups excluding carboxylic acids is 2. The van der Waals surface area contributed by atoms with E-state index in [1.54, 1.807) is 29.3 Å². The van der Waals surface area contributed by atoms with Gasteiger partial charge in [0.05, 0.1) is 11.3 Å². The highest BCUT2D eigenvalue weighted by Gasteiger charge is 2.30. The van der Waals surface area contributed by atoms with Crippen molar-refractivity contribution in [2.24, 2.45) is 0 Å². The SMILES string of the molecule is O=C(c1ccc(Cl)cc1N1CCCC1=O)N1CCC(c2c[nH]c3ncccc23)CC1. The van der Waals surface area contributed by atoms with E-state index >= 15 is 0 Å². The van der Waals surface area contributed by atoms with Crippen LogP contribution in [0.15, 0.2) is 42.7 Å². The molecule has 0 aliphatic carbocycles. The number of rotatable bonds is 3. The third-order valence-corrected chi connectivity index (χ3v) is 6.49. The standard InChI is InChI=1S/C23H23ClN4O2/c24-16-5-6-18(20(13-16)28-10-2-4-21(28)29)23(30)27-11-7-15(8-12-27)19-14-26-22-17(19)3-1-9-25-22/h1,3,5-6,9,13-15H,2,4,7-8,10-12H2,(H,25,26). The van der Waals surface area contributed by atoms with Gasteiger partial charge >= 0.3 is 0 Å². The number of halogens is 1. The number of hydrogen-bond acceptors (Lipinski definition) is 3. The van der Waals surface area contributed by atoms with Gasteiger partial charge in [0.2, 0.25) is 5.91 Å². The topological polar surface area (TPSA) is 69.3 Å². The minimum absolute atomic E-state index is 0.0274. The molecule has 4 heterocycles. The highest BCUT2D eigenvalue weighted by molar-refractivity contribution is 6.31. The highest BCUT2D eigenvalue weighted by atomic mass is 35.5. The lowest BCUT2D eigenvalue weighted by Gasteiger charge is -2.33. The first-order valence-corrected chi connectivity index (χ1v) is 10.8. The second-order valence-electron chi connectivity index (χ2n) is 8.02. The smallest absolute Gasteiger partial charge is 0.255 e. The summed E-state index contributed by atoms with van der Waals surface area (Å²) in [6, 6.07) is 9.27. The lowest BCUT2D eigenvalue weighted by molar-refractivity contribution is -0.117. The molecule has 0 spiro atoms. The predicted molar refractivity (Wildman–Crippen MR) is 117 cm³/mol. The third kappa shape index (κ3) is 3.35. The highest BCUT2D eigenvalue weighted by Crippen LogP contribution is 2.34. The number of aromatic amines is 1. The zero-order chi connectivity index (χ0) is 20.7. The molecule has 2 fully saturated rings. The molecule has 0 saturated carbocycles. The number of anilines is 1. The van der Waals surface area contributed by atoms with Gasteiger partial charge in [0.1, 0.15) is 5.65 Å². The van der Waals surface area contributed by atoms with Crippen molar-refractivity contribution in [3.8, 4) is 0 Å². The van der Waals surface area contributed by atoms with E-state index in [0.717, 1.165) is 30.3 Å². The Balaban J connectivity index is 1.34. The van der Waals surface area contributed by atoms with Crippen molar-refractivity contribution >= 4 is 40.1 Å². The molecule has 2 amide bonds. The van der Waals surface area contributed by atoms with Crippen molar-refractivity contribution in [2.75, 3.05) is 24.5 Å². The van der Waals surface area contributed by atoms with Gasteiger partial charge in [-0.25, -0.2) is 4.98 Å². The second-order valence-corrected chi connectivity index (χ2v) is 8.46. The quantitative estimate of drug-likeness (QED) is 0.681. The lowest BCUT2D eigenvalue weighted by Crippen LogP contribution is -2.39. The first-order chi connectivity index (χ1) is 14.6. The maximum atomic E-state index is 13.3. The van der Waals surface area contributed by atoms with Crippen molar-refractivity contribution in [1.29, 1.82) is 0 Å². The second kappa shape index (κ2) is 7.76. The first-order valence-electron chi connectivity index (χ1n) is 10.4. The fourth-order valence-corrected chi connectivity index (χ4v) is 4.86. The zero-order valence-electron chi connectivity index (χ0n) is 16.6. The Labute approximate surface area is 179 Å². The number of carbonyl (C=O) groups is 2. The van der Waals surface area contributed by atoms with Crippen LogP contribution in [0.1, 0.15) is 47.5 Å². The fraction of sp³-hybridized carbons (Fsp3) is 0.348. The average Bonchev–Trinajstić information content (AvgIpc) is 3.39. The normalized spacial score (nSPS) is 17.8. The van der Waals surface area contributed by atoms with Crippen molar-refractivity contribution in [3.63, 3.8) is 0 Å². The molecule has 1 aromatic carbocycles. The van der Waals surface area contributed by atoms with Gasteiger partial charge in [-0.1, -0.05) is 11.6 Å². The molecular formula is C23H23ClN4O2. The number of nitrogens with one attached hydrogen (secondary N) is 1. The molecule has 0 bridgehead atoms. The Bertz CT molecular complexity index is 1120. The summed E-state index contributed by atoms with van der Waals surface area (Å²) in [6.07, 6.45) is 6.97. The maximum Gasteiger partial charge on any atom is 0.255 e. The van der Waals surface area contributed by atoms with Gasteiger partial charge in [-0.2, -0.15) is 0 Å². The van der Waals surface area contributed by atoms with Gasteiger partial charge in [-0.05, 0) is 61.1 Å². The Morgan fingerprint density at radius 2 is 2.00 bits per heavy atom. The van der Waals surface area contributed by atoms with E-state index in [0.29, 0.717) is 48.2 Å². The van der Waals surface area contributed by atoms with Crippen molar-refractivity contribution in [1.82, 2.24) is 14.9 Å². The van der Waals surface area contributed by atoms with Crippen LogP contribution in [-0.4, -0.2) is 46.3 Å². The van der Waals surface area contributed by atoms with Crippen LogP contribution >= 0.6 is 11.6 Å². The summed E-state index contributed by atoms with van der Waals surface area (Å²) in [7, 11) is 0. The van der Waals surface area contributed by atoms with Crippen LogP contribution in [0.5, 0.6) is 0 Å². The Morgan fingerprint density at radius 1 is 1.17 bits per heavy atom. The van der Waals surface area contributed by atoms with Gasteiger partial charge in [0.25, 0.3) is 5.91 Å². The summed E-state index contributed by atoms with van der Waals surface area (Å²) >= 11 is 6.19. The maximum absolute atomic E-state index is 13.3. The Kier molecular flexibility index (Phi) is 4.95. The van der Waals surface area contributed by atoms with Gasteiger partial charge < -0.3 is 14.8 Å². The number of amides is 2. The van der Waals surface area contributed by atoms with Gasteiger partial charge in [-0.3, -0.25) is 9.59 Å². The summed E-state index contributed by atoms with van der Waals surface area (Å²) in [4.78, 5) is 36.8. The number of pyridine rings is 1. The van der Waals surface area contributed by atoms with Crippen molar-refractivity contribution < 1.29 is 9.59 Å². The van der Waals surface area contributed by atoms with Gasteiger partial charge in [0.15, 0.2) is 0 Å². The average molecular weight is 423 g/mol. The molecule has 2 aromatic heterocycles. The number of aromatic nitrogens is 2. The van der Waals surface area contributed by atoms with Gasteiger partial charge in [-0.15, -0.1) is 0 Å². The molecule has 7 heteroatoms. The lowest BCUT2D eigenvalue weighted by atomic mass is 9.89. The van der Waals surface area contributed by atoms with Crippen LogP contribution in [0, 0.1) is 0 Å². The van der Waals surface area contributed by atoms with E-state index in [-0.39, 0.29) is 11.8 Å².